The summed E-state index contributed by atoms with van der Waals surface area (Å²) in [6.45, 7) is 3.45. The number of nitrogens with two attached hydrogens (primary N) is 1. The monoisotopic (exact) mass is 1220 g/mol. The predicted octanol–water partition coefficient (Wildman–Crippen LogP) is 22.3. The zero-order valence-electron chi connectivity index (χ0n) is 54.4. The molecule has 0 aliphatic carbocycles. The Hall–Kier alpha value is -5.41. The van der Waals surface area contributed by atoms with E-state index in [0.29, 0.717) is 12.8 Å². The molecular weight excluding hydrogens is 1100 g/mol. The Morgan fingerprint density at radius 1 is 0.345 bits per heavy atom. The van der Waals surface area contributed by atoms with Crippen LogP contribution in [0.1, 0.15) is 232 Å². The molecule has 486 valence electrons. The highest BCUT2D eigenvalue weighted by Crippen LogP contribution is 2.43. The number of hydrogen-bond acceptors (Lipinski definition) is 8. The van der Waals surface area contributed by atoms with E-state index in [4.69, 9.17) is 24.3 Å². The lowest BCUT2D eigenvalue weighted by Crippen LogP contribution is -2.29. The van der Waals surface area contributed by atoms with Crippen molar-refractivity contribution in [3.63, 3.8) is 0 Å². The van der Waals surface area contributed by atoms with Gasteiger partial charge in [0.25, 0.3) is 0 Å². The van der Waals surface area contributed by atoms with Gasteiger partial charge in [0.1, 0.15) is 6.61 Å². The molecule has 0 heterocycles. The van der Waals surface area contributed by atoms with Gasteiger partial charge >= 0.3 is 19.8 Å². The Bertz CT molecular complexity index is 2180. The fourth-order valence-electron chi connectivity index (χ4n) is 8.29. The van der Waals surface area contributed by atoms with Crippen molar-refractivity contribution in [1.82, 2.24) is 0 Å². The van der Waals surface area contributed by atoms with Gasteiger partial charge in [-0.1, -0.05) is 278 Å². The number of hydrogen-bond donors (Lipinski definition) is 2. The number of phosphoric ester groups is 1. The summed E-state index contributed by atoms with van der Waals surface area (Å²) in [7, 11) is -4.42. The number of esters is 2. The van der Waals surface area contributed by atoms with Crippen LogP contribution in [0.15, 0.2) is 207 Å². The fraction of sp³-hybridized carbons (Fsp3) is 0.532. The van der Waals surface area contributed by atoms with Crippen LogP contribution in [0, 0.1) is 0 Å². The average Bonchev–Trinajstić information content (AvgIpc) is 3.64. The molecule has 0 amide bonds. The first-order chi connectivity index (χ1) is 42.8. The molecule has 0 saturated carbocycles. The maximum Gasteiger partial charge on any atom is 0.472 e. The normalized spacial score (nSPS) is 14.3. The average molecular weight is 1220 g/mol. The lowest BCUT2D eigenvalue weighted by molar-refractivity contribution is -0.161. The van der Waals surface area contributed by atoms with Gasteiger partial charge in [-0.05, 0) is 148 Å². The van der Waals surface area contributed by atoms with E-state index in [1.54, 1.807) is 0 Å². The molecule has 0 fully saturated rings. The van der Waals surface area contributed by atoms with E-state index in [9.17, 15) is 19.0 Å². The molecule has 3 N–H and O–H groups in total. The molecular formula is C77H120NO8P. The minimum atomic E-state index is -4.42. The third-order valence-electron chi connectivity index (χ3n) is 13.2. The number of phosphoric acid groups is 1. The molecule has 2 atom stereocenters. The SMILES string of the molecule is CC/C=C\C/C=C\C/C=C\C/C=C\C/C=C\C/C=C\C/C=C\C/C=C\C/C=C\C/C=C\CCCCCCC(=O)OC(COC(=O)CCCCCCCCCCC/C=C\C/C=C\C/C=C\C/C=C\C/C=C\C/C=C\C/C=C\CC)COP(=O)(O)OCCN. The van der Waals surface area contributed by atoms with Gasteiger partial charge in [-0.3, -0.25) is 18.6 Å². The van der Waals surface area contributed by atoms with Gasteiger partial charge in [-0.25, -0.2) is 4.57 Å². The lowest BCUT2D eigenvalue weighted by atomic mass is 10.1. The number of unbranched alkanes of at least 4 members (excludes halogenated alkanes) is 13. The second-order valence-electron chi connectivity index (χ2n) is 21.2. The van der Waals surface area contributed by atoms with E-state index < -0.39 is 32.5 Å². The van der Waals surface area contributed by atoms with Crippen LogP contribution in [0.25, 0.3) is 0 Å². The highest BCUT2D eigenvalue weighted by Gasteiger charge is 2.26. The van der Waals surface area contributed by atoms with E-state index >= 15 is 0 Å². The van der Waals surface area contributed by atoms with E-state index in [1.807, 2.05) is 0 Å². The largest absolute Gasteiger partial charge is 0.472 e. The summed E-state index contributed by atoms with van der Waals surface area (Å²) in [6, 6.07) is 0. The van der Waals surface area contributed by atoms with Gasteiger partial charge in [-0.15, -0.1) is 0 Å². The minimum absolute atomic E-state index is 0.0363. The summed E-state index contributed by atoms with van der Waals surface area (Å²) >= 11 is 0. The predicted molar refractivity (Wildman–Crippen MR) is 375 cm³/mol. The van der Waals surface area contributed by atoms with Gasteiger partial charge < -0.3 is 20.1 Å². The Morgan fingerprint density at radius 2 is 0.598 bits per heavy atom. The van der Waals surface area contributed by atoms with Crippen molar-refractivity contribution >= 4 is 19.8 Å². The van der Waals surface area contributed by atoms with Crippen LogP contribution in [0.2, 0.25) is 0 Å². The van der Waals surface area contributed by atoms with Gasteiger partial charge in [-0.2, -0.15) is 0 Å². The molecule has 10 heteroatoms. The number of allylic oxidation sites excluding steroid dienone is 34. The van der Waals surface area contributed by atoms with Crippen molar-refractivity contribution < 1.29 is 37.6 Å². The van der Waals surface area contributed by atoms with Gasteiger partial charge in [0.15, 0.2) is 6.10 Å². The molecule has 0 saturated heterocycles. The van der Waals surface area contributed by atoms with E-state index in [1.165, 1.54) is 32.1 Å². The molecule has 0 aliphatic heterocycles. The first kappa shape index (κ1) is 81.6. The molecule has 0 aromatic carbocycles. The van der Waals surface area contributed by atoms with Crippen molar-refractivity contribution in [2.75, 3.05) is 26.4 Å². The Morgan fingerprint density at radius 3 is 0.885 bits per heavy atom. The maximum absolute atomic E-state index is 12.8. The molecule has 87 heavy (non-hydrogen) atoms. The van der Waals surface area contributed by atoms with Crippen molar-refractivity contribution in [2.45, 2.75) is 238 Å². The molecule has 0 rings (SSSR count). The van der Waals surface area contributed by atoms with E-state index in [0.717, 1.165) is 161 Å². The zero-order valence-corrected chi connectivity index (χ0v) is 55.3. The third-order valence-corrected chi connectivity index (χ3v) is 14.1. The van der Waals surface area contributed by atoms with Crippen LogP contribution in [-0.4, -0.2) is 49.3 Å². The number of ether oxygens (including phenoxy) is 2. The molecule has 0 aromatic rings. The zero-order chi connectivity index (χ0) is 63.0. The molecule has 2 unspecified atom stereocenters. The highest BCUT2D eigenvalue weighted by atomic mass is 31.2. The summed E-state index contributed by atoms with van der Waals surface area (Å²) in [4.78, 5) is 35.3. The molecule has 0 aromatic heterocycles. The Kier molecular flexibility index (Phi) is 65.4. The van der Waals surface area contributed by atoms with Gasteiger partial charge in [0, 0.05) is 19.4 Å². The van der Waals surface area contributed by atoms with Gasteiger partial charge in [0.2, 0.25) is 0 Å². The Balaban J connectivity index is 4.08. The van der Waals surface area contributed by atoms with Crippen LogP contribution in [0.3, 0.4) is 0 Å². The summed E-state index contributed by atoms with van der Waals surface area (Å²) < 4.78 is 33.1. The second kappa shape index (κ2) is 69.7. The number of rotatable bonds is 60. The van der Waals surface area contributed by atoms with Crippen molar-refractivity contribution in [2.24, 2.45) is 5.73 Å². The van der Waals surface area contributed by atoms with Crippen LogP contribution < -0.4 is 5.73 Å². The van der Waals surface area contributed by atoms with Gasteiger partial charge in [0.05, 0.1) is 13.2 Å². The Labute approximate surface area is 531 Å². The van der Waals surface area contributed by atoms with Crippen LogP contribution in [-0.2, 0) is 32.7 Å². The molecule has 0 radical (unpaired) electrons. The molecule has 0 aliphatic rings. The van der Waals surface area contributed by atoms with E-state index in [-0.39, 0.29) is 32.6 Å². The van der Waals surface area contributed by atoms with Crippen LogP contribution in [0.5, 0.6) is 0 Å². The number of carbonyl (C=O) groups is 2. The summed E-state index contributed by atoms with van der Waals surface area (Å²) in [5.74, 6) is -0.881. The first-order valence-corrected chi connectivity index (χ1v) is 35.1. The third kappa shape index (κ3) is 69.6. The number of carbonyl (C=O) groups excluding carboxylic acids is 2. The van der Waals surface area contributed by atoms with Crippen molar-refractivity contribution in [3.8, 4) is 0 Å². The van der Waals surface area contributed by atoms with Crippen LogP contribution >= 0.6 is 7.82 Å². The summed E-state index contributed by atoms with van der Waals surface area (Å²) in [5.41, 5.74) is 5.39. The fourth-order valence-corrected chi connectivity index (χ4v) is 9.06. The first-order valence-electron chi connectivity index (χ1n) is 33.6. The van der Waals surface area contributed by atoms with Crippen molar-refractivity contribution in [1.29, 1.82) is 0 Å². The van der Waals surface area contributed by atoms with Crippen molar-refractivity contribution in [3.05, 3.63) is 207 Å². The van der Waals surface area contributed by atoms with E-state index in [2.05, 4.69) is 220 Å². The maximum atomic E-state index is 12.8. The molecule has 9 nitrogen and oxygen atoms in total. The quantitative estimate of drug-likeness (QED) is 0.0264. The highest BCUT2D eigenvalue weighted by molar-refractivity contribution is 7.47. The summed E-state index contributed by atoms with van der Waals surface area (Å²) in [5, 5.41) is 0. The molecule has 0 bridgehead atoms. The molecule has 0 spiro atoms. The second-order valence-corrected chi connectivity index (χ2v) is 22.7. The summed E-state index contributed by atoms with van der Waals surface area (Å²) in [6.07, 6.45) is 107. The lowest BCUT2D eigenvalue weighted by Gasteiger charge is -2.19. The smallest absolute Gasteiger partial charge is 0.462 e. The van der Waals surface area contributed by atoms with Crippen LogP contribution in [0.4, 0.5) is 0 Å². The standard InChI is InChI=1S/C77H120NO8P/c1-3-5-7-9-11-13-15-17-19-21-23-25-27-29-31-33-35-36-37-38-40-42-44-46-48-50-52-54-56-58-60-62-64-66-68-70-77(80)86-75(74-85-87(81,82)84-72-71-78)73-83-76(79)69-67-65-63-61-59-57-55-53-51-49-47-45-43-41-39-34-32-30-28-26-24-22-20-18-16-14-12-10-8-6-4-2/h5-8,11-14,17-20,23-26,29-32,35-36,38-41,44-47,50,52,56,58,75H,3-4,9-10,15-16,21-22,27-28,33-34,37,42-43,48-49,51,53-55,57,59-74,78H2,1-2H3,(H,81,82)/b7-5-,8-6-,13-11-,14-12-,19-17-,20-18-,25-23-,26-24-,31-29-,32-30-,36-35-,40-38-,41-39-,46-44-,47-45-,52-50-,58-56-. The topological polar surface area (TPSA) is 134 Å². The minimum Gasteiger partial charge on any atom is -0.462 e.